The van der Waals surface area contributed by atoms with Crippen molar-refractivity contribution in [3.63, 3.8) is 0 Å². The lowest BCUT2D eigenvalue weighted by molar-refractivity contribution is -0.0724. The van der Waals surface area contributed by atoms with E-state index in [2.05, 4.69) is 4.98 Å². The quantitative estimate of drug-likeness (QED) is 0.769. The molecule has 0 fully saturated rings. The van der Waals surface area contributed by atoms with E-state index in [1.54, 1.807) is 36.4 Å². The molecular formula is C14H9NO4. The van der Waals surface area contributed by atoms with Gasteiger partial charge in [-0.1, -0.05) is 18.2 Å². The molecule has 0 radical (unpaired) electrons. The first-order valence-electron chi connectivity index (χ1n) is 5.66. The molecule has 1 aliphatic rings. The lowest BCUT2D eigenvalue weighted by Crippen LogP contribution is -2.11. The summed E-state index contributed by atoms with van der Waals surface area (Å²) in [5.41, 5.74) is 1.25. The van der Waals surface area contributed by atoms with Crippen LogP contribution >= 0.6 is 0 Å². The maximum Gasteiger partial charge on any atom is 0.343 e. The number of rotatable bonds is 2. The topological polar surface area (TPSA) is 65.5 Å². The Kier molecular flexibility index (Phi) is 2.72. The Hall–Kier alpha value is -2.69. The fraction of sp³-hybridized carbons (Fsp3) is 0.0714. The Labute approximate surface area is 108 Å². The van der Waals surface area contributed by atoms with Gasteiger partial charge in [-0.05, 0) is 18.2 Å². The standard InChI is InChI=1S/C14H9NO4/c16-12(9-4-2-1-3-5-9)18-14-10-6-7-15-8-11(10)13(17)19-14/h1-8,14H. The minimum absolute atomic E-state index is 0.327. The van der Waals surface area contributed by atoms with Crippen molar-refractivity contribution < 1.29 is 19.1 Å². The number of ether oxygens (including phenoxy) is 2. The maximum atomic E-state index is 11.9. The number of hydrogen-bond acceptors (Lipinski definition) is 5. The van der Waals surface area contributed by atoms with Gasteiger partial charge in [-0.3, -0.25) is 4.98 Å². The Morgan fingerprint density at radius 2 is 2.00 bits per heavy atom. The van der Waals surface area contributed by atoms with E-state index < -0.39 is 18.2 Å². The molecule has 3 rings (SSSR count). The van der Waals surface area contributed by atoms with Crippen LogP contribution in [0.3, 0.4) is 0 Å². The molecule has 5 nitrogen and oxygen atoms in total. The summed E-state index contributed by atoms with van der Waals surface area (Å²) in [6, 6.07) is 10.1. The van der Waals surface area contributed by atoms with Gasteiger partial charge >= 0.3 is 11.9 Å². The molecule has 5 heteroatoms. The second kappa shape index (κ2) is 4.53. The number of fused-ring (bicyclic) bond motifs is 1. The lowest BCUT2D eigenvalue weighted by Gasteiger charge is -2.11. The molecule has 94 valence electrons. The summed E-state index contributed by atoms with van der Waals surface area (Å²) < 4.78 is 10.2. The van der Waals surface area contributed by atoms with Crippen molar-refractivity contribution >= 4 is 11.9 Å². The highest BCUT2D eigenvalue weighted by Crippen LogP contribution is 2.31. The molecule has 0 spiro atoms. The molecule has 0 amide bonds. The van der Waals surface area contributed by atoms with Crippen molar-refractivity contribution in [2.75, 3.05) is 0 Å². The summed E-state index contributed by atoms with van der Waals surface area (Å²) in [5, 5.41) is 0. The van der Waals surface area contributed by atoms with Gasteiger partial charge in [-0.25, -0.2) is 9.59 Å². The highest BCUT2D eigenvalue weighted by Gasteiger charge is 2.34. The SMILES string of the molecule is O=C(OC1OC(=O)c2cnccc21)c1ccccc1. The maximum absolute atomic E-state index is 11.9. The highest BCUT2D eigenvalue weighted by molar-refractivity contribution is 5.94. The minimum atomic E-state index is -1.00. The number of aromatic nitrogens is 1. The number of hydrogen-bond donors (Lipinski definition) is 0. The van der Waals surface area contributed by atoms with Crippen molar-refractivity contribution in [2.45, 2.75) is 6.29 Å². The van der Waals surface area contributed by atoms with E-state index in [-0.39, 0.29) is 0 Å². The monoisotopic (exact) mass is 255 g/mol. The van der Waals surface area contributed by atoms with Gasteiger partial charge in [0.05, 0.1) is 16.7 Å². The molecule has 1 aromatic heterocycles. The van der Waals surface area contributed by atoms with Gasteiger partial charge in [0.1, 0.15) is 0 Å². The largest absolute Gasteiger partial charge is 0.417 e. The summed E-state index contributed by atoms with van der Waals surface area (Å²) in [6.45, 7) is 0. The van der Waals surface area contributed by atoms with E-state index in [4.69, 9.17) is 9.47 Å². The van der Waals surface area contributed by atoms with Crippen molar-refractivity contribution in [3.05, 3.63) is 65.5 Å². The van der Waals surface area contributed by atoms with Crippen molar-refractivity contribution in [1.82, 2.24) is 4.98 Å². The molecule has 1 unspecified atom stereocenters. The van der Waals surface area contributed by atoms with E-state index in [1.807, 2.05) is 0 Å². The van der Waals surface area contributed by atoms with E-state index in [1.165, 1.54) is 12.4 Å². The van der Waals surface area contributed by atoms with E-state index in [0.29, 0.717) is 16.7 Å². The third kappa shape index (κ3) is 2.06. The molecule has 0 bridgehead atoms. The van der Waals surface area contributed by atoms with Crippen molar-refractivity contribution in [1.29, 1.82) is 0 Å². The number of cyclic esters (lactones) is 1. The normalized spacial score (nSPS) is 16.6. The van der Waals surface area contributed by atoms with Gasteiger partial charge in [0, 0.05) is 12.4 Å². The third-order valence-corrected chi connectivity index (χ3v) is 2.77. The Bertz CT molecular complexity index is 639. The van der Waals surface area contributed by atoms with Gasteiger partial charge in [0.25, 0.3) is 6.29 Å². The van der Waals surface area contributed by atoms with E-state index in [9.17, 15) is 9.59 Å². The Morgan fingerprint density at radius 3 is 2.79 bits per heavy atom. The van der Waals surface area contributed by atoms with Crippen LogP contribution in [-0.2, 0) is 9.47 Å². The van der Waals surface area contributed by atoms with Crippen LogP contribution in [0.1, 0.15) is 32.6 Å². The summed E-state index contributed by atoms with van der Waals surface area (Å²) in [5.74, 6) is -1.07. The average molecular weight is 255 g/mol. The first-order chi connectivity index (χ1) is 9.25. The lowest BCUT2D eigenvalue weighted by atomic mass is 10.2. The van der Waals surface area contributed by atoms with Gasteiger partial charge < -0.3 is 9.47 Å². The molecule has 0 saturated heterocycles. The number of nitrogens with zero attached hydrogens (tertiary/aromatic N) is 1. The van der Waals surface area contributed by atoms with Crippen LogP contribution in [0.5, 0.6) is 0 Å². The first-order valence-corrected chi connectivity index (χ1v) is 5.66. The van der Waals surface area contributed by atoms with Crippen LogP contribution in [-0.4, -0.2) is 16.9 Å². The van der Waals surface area contributed by atoms with Gasteiger partial charge in [0.2, 0.25) is 0 Å². The molecule has 0 aliphatic carbocycles. The van der Waals surface area contributed by atoms with Crippen LogP contribution in [0.2, 0.25) is 0 Å². The fourth-order valence-electron chi connectivity index (χ4n) is 1.83. The predicted molar refractivity (Wildman–Crippen MR) is 64.3 cm³/mol. The van der Waals surface area contributed by atoms with Crippen molar-refractivity contribution in [3.8, 4) is 0 Å². The van der Waals surface area contributed by atoms with Crippen LogP contribution in [0, 0.1) is 0 Å². The van der Waals surface area contributed by atoms with Crippen molar-refractivity contribution in [2.24, 2.45) is 0 Å². The summed E-state index contributed by atoms with van der Waals surface area (Å²) in [6.07, 6.45) is 1.91. The fourth-order valence-corrected chi connectivity index (χ4v) is 1.83. The molecule has 1 aromatic carbocycles. The smallest absolute Gasteiger partial charge is 0.343 e. The highest BCUT2D eigenvalue weighted by atomic mass is 16.7. The zero-order chi connectivity index (χ0) is 13.2. The number of benzene rings is 1. The predicted octanol–water partition coefficient (Wildman–Crippen LogP) is 2.11. The number of pyridine rings is 1. The number of carbonyl (C=O) groups is 2. The summed E-state index contributed by atoms with van der Waals surface area (Å²) in [7, 11) is 0. The zero-order valence-electron chi connectivity index (χ0n) is 9.78. The van der Waals surface area contributed by atoms with Gasteiger partial charge in [0.15, 0.2) is 0 Å². The third-order valence-electron chi connectivity index (χ3n) is 2.77. The van der Waals surface area contributed by atoms with Crippen LogP contribution < -0.4 is 0 Å². The Balaban J connectivity index is 1.83. The van der Waals surface area contributed by atoms with Gasteiger partial charge in [-0.2, -0.15) is 0 Å². The van der Waals surface area contributed by atoms with Crippen LogP contribution in [0.15, 0.2) is 48.8 Å². The Morgan fingerprint density at radius 1 is 1.21 bits per heavy atom. The molecule has 19 heavy (non-hydrogen) atoms. The zero-order valence-corrected chi connectivity index (χ0v) is 9.78. The number of carbonyl (C=O) groups excluding carboxylic acids is 2. The first kappa shape index (κ1) is 11.4. The molecule has 0 N–H and O–H groups in total. The minimum Gasteiger partial charge on any atom is -0.417 e. The second-order valence-electron chi connectivity index (χ2n) is 3.97. The molecule has 0 saturated carbocycles. The molecule has 1 aliphatic heterocycles. The van der Waals surface area contributed by atoms with Gasteiger partial charge in [-0.15, -0.1) is 0 Å². The van der Waals surface area contributed by atoms with E-state index in [0.717, 1.165) is 0 Å². The number of esters is 2. The van der Waals surface area contributed by atoms with Crippen LogP contribution in [0.4, 0.5) is 0 Å². The molecular weight excluding hydrogens is 246 g/mol. The van der Waals surface area contributed by atoms with E-state index >= 15 is 0 Å². The van der Waals surface area contributed by atoms with Crippen LogP contribution in [0.25, 0.3) is 0 Å². The molecule has 2 heterocycles. The molecule has 1 atom stereocenters. The summed E-state index contributed by atoms with van der Waals surface area (Å²) in [4.78, 5) is 27.3. The molecule has 2 aromatic rings. The average Bonchev–Trinajstić information content (AvgIpc) is 2.77. The summed E-state index contributed by atoms with van der Waals surface area (Å²) >= 11 is 0. The second-order valence-corrected chi connectivity index (χ2v) is 3.97.